The summed E-state index contributed by atoms with van der Waals surface area (Å²) in [5.74, 6) is -0.921. The molecule has 0 amide bonds. The molecule has 0 bridgehead atoms. The molecule has 0 atom stereocenters. The number of nitrogens with one attached hydrogen (secondary N) is 1. The maximum atomic E-state index is 10.9. The van der Waals surface area contributed by atoms with Gasteiger partial charge in [0, 0.05) is 23.8 Å². The minimum Gasteiger partial charge on any atom is -0.478 e. The highest BCUT2D eigenvalue weighted by Gasteiger charge is 2.03. The highest BCUT2D eigenvalue weighted by molar-refractivity contribution is 5.88. The second-order valence-electron chi connectivity index (χ2n) is 4.77. The van der Waals surface area contributed by atoms with Crippen LogP contribution >= 0.6 is 0 Å². The van der Waals surface area contributed by atoms with E-state index in [4.69, 9.17) is 5.11 Å². The van der Waals surface area contributed by atoms with Gasteiger partial charge < -0.3 is 10.4 Å². The summed E-state index contributed by atoms with van der Waals surface area (Å²) >= 11 is 0. The van der Waals surface area contributed by atoms with Crippen molar-refractivity contribution in [2.45, 2.75) is 6.54 Å². The Hall–Kier alpha value is -2.88. The normalized spacial score (nSPS) is 10.5. The van der Waals surface area contributed by atoms with Crippen molar-refractivity contribution in [3.8, 4) is 0 Å². The molecule has 2 aromatic carbocycles. The quantitative estimate of drug-likeness (QED) is 0.766. The molecule has 1 heterocycles. The van der Waals surface area contributed by atoms with Crippen molar-refractivity contribution in [1.82, 2.24) is 4.98 Å². The van der Waals surface area contributed by atoms with Crippen molar-refractivity contribution >= 4 is 22.6 Å². The Morgan fingerprint density at radius 2 is 2.00 bits per heavy atom. The maximum absolute atomic E-state index is 10.9. The molecule has 4 nitrogen and oxygen atoms in total. The van der Waals surface area contributed by atoms with Gasteiger partial charge in [0.1, 0.15) is 0 Å². The molecular formula is C17H14N2O2. The Kier molecular flexibility index (Phi) is 3.51. The summed E-state index contributed by atoms with van der Waals surface area (Å²) in [6.07, 6.45) is 1.78. The van der Waals surface area contributed by atoms with Crippen molar-refractivity contribution in [3.05, 3.63) is 71.9 Å². The van der Waals surface area contributed by atoms with E-state index >= 15 is 0 Å². The van der Waals surface area contributed by atoms with Gasteiger partial charge in [-0.2, -0.15) is 0 Å². The van der Waals surface area contributed by atoms with Gasteiger partial charge in [-0.3, -0.25) is 4.98 Å². The van der Waals surface area contributed by atoms with Crippen molar-refractivity contribution in [1.29, 1.82) is 0 Å². The Labute approximate surface area is 122 Å². The number of nitrogens with zero attached hydrogens (tertiary/aromatic N) is 1. The fourth-order valence-corrected chi connectivity index (χ4v) is 2.20. The lowest BCUT2D eigenvalue weighted by Gasteiger charge is -2.08. The molecule has 1 aromatic heterocycles. The monoisotopic (exact) mass is 278 g/mol. The zero-order chi connectivity index (χ0) is 14.7. The first-order chi connectivity index (χ1) is 10.2. The van der Waals surface area contributed by atoms with Gasteiger partial charge >= 0.3 is 5.97 Å². The second-order valence-corrected chi connectivity index (χ2v) is 4.77. The highest BCUT2D eigenvalue weighted by Crippen LogP contribution is 2.16. The van der Waals surface area contributed by atoms with E-state index in [0.717, 1.165) is 22.2 Å². The summed E-state index contributed by atoms with van der Waals surface area (Å²) in [4.78, 5) is 15.2. The van der Waals surface area contributed by atoms with Crippen molar-refractivity contribution in [3.63, 3.8) is 0 Å². The third kappa shape index (κ3) is 3.00. The molecule has 3 rings (SSSR count). The standard InChI is InChI=1S/C17H14N2O2/c20-17(21)14-3-1-5-15(10-14)19-11-12-6-7-16-13(9-12)4-2-8-18-16/h1-10,19H,11H2,(H,20,21). The fourth-order valence-electron chi connectivity index (χ4n) is 2.20. The Bertz CT molecular complexity index is 799. The van der Waals surface area contributed by atoms with Crippen LogP contribution < -0.4 is 5.32 Å². The Balaban J connectivity index is 1.77. The number of benzene rings is 2. The number of pyridine rings is 1. The number of aromatic carboxylic acids is 1. The van der Waals surface area contributed by atoms with E-state index in [2.05, 4.69) is 16.4 Å². The summed E-state index contributed by atoms with van der Waals surface area (Å²) < 4.78 is 0. The van der Waals surface area contributed by atoms with E-state index in [0.29, 0.717) is 6.54 Å². The maximum Gasteiger partial charge on any atom is 0.335 e. The first kappa shape index (κ1) is 13.1. The molecule has 0 aliphatic carbocycles. The van der Waals surface area contributed by atoms with E-state index in [-0.39, 0.29) is 5.56 Å². The fraction of sp³-hybridized carbons (Fsp3) is 0.0588. The Morgan fingerprint density at radius 3 is 2.86 bits per heavy atom. The zero-order valence-corrected chi connectivity index (χ0v) is 11.3. The SMILES string of the molecule is O=C(O)c1cccc(NCc2ccc3ncccc3c2)c1. The minimum atomic E-state index is -0.921. The number of carboxylic acids is 1. The van der Waals surface area contributed by atoms with Gasteiger partial charge in [0.05, 0.1) is 11.1 Å². The number of carbonyl (C=O) groups is 1. The summed E-state index contributed by atoms with van der Waals surface area (Å²) in [6, 6.07) is 16.8. The van der Waals surface area contributed by atoms with Crippen LogP contribution in [-0.4, -0.2) is 16.1 Å². The smallest absolute Gasteiger partial charge is 0.335 e. The van der Waals surface area contributed by atoms with E-state index in [1.807, 2.05) is 30.3 Å². The van der Waals surface area contributed by atoms with Gasteiger partial charge in [-0.25, -0.2) is 4.79 Å². The van der Waals surface area contributed by atoms with Gasteiger partial charge in [-0.1, -0.05) is 18.2 Å². The van der Waals surface area contributed by atoms with Crippen LogP contribution in [-0.2, 0) is 6.54 Å². The van der Waals surface area contributed by atoms with Crippen LogP contribution in [0.5, 0.6) is 0 Å². The van der Waals surface area contributed by atoms with Crippen LogP contribution in [0.25, 0.3) is 10.9 Å². The molecule has 0 saturated carbocycles. The van der Waals surface area contributed by atoms with Crippen LogP contribution in [0.1, 0.15) is 15.9 Å². The lowest BCUT2D eigenvalue weighted by molar-refractivity contribution is 0.0697. The van der Waals surface area contributed by atoms with Crippen LogP contribution in [0.2, 0.25) is 0 Å². The van der Waals surface area contributed by atoms with Gasteiger partial charge in [0.15, 0.2) is 0 Å². The van der Waals surface area contributed by atoms with Crippen LogP contribution in [0, 0.1) is 0 Å². The summed E-state index contributed by atoms with van der Waals surface area (Å²) in [5.41, 5.74) is 3.16. The van der Waals surface area contributed by atoms with Crippen molar-refractivity contribution < 1.29 is 9.90 Å². The summed E-state index contributed by atoms with van der Waals surface area (Å²) in [6.45, 7) is 0.633. The van der Waals surface area contributed by atoms with Gasteiger partial charge in [0.25, 0.3) is 0 Å². The molecule has 0 unspecified atom stereocenters. The number of aromatic nitrogens is 1. The largest absolute Gasteiger partial charge is 0.478 e. The van der Waals surface area contributed by atoms with E-state index in [1.54, 1.807) is 24.4 Å². The average molecular weight is 278 g/mol. The number of hydrogen-bond acceptors (Lipinski definition) is 3. The lowest BCUT2D eigenvalue weighted by atomic mass is 10.1. The summed E-state index contributed by atoms with van der Waals surface area (Å²) in [5, 5.41) is 13.3. The second kappa shape index (κ2) is 5.63. The first-order valence-corrected chi connectivity index (χ1v) is 6.63. The lowest BCUT2D eigenvalue weighted by Crippen LogP contribution is -2.02. The molecule has 0 radical (unpaired) electrons. The highest BCUT2D eigenvalue weighted by atomic mass is 16.4. The molecule has 2 N–H and O–H groups in total. The van der Waals surface area contributed by atoms with E-state index < -0.39 is 5.97 Å². The van der Waals surface area contributed by atoms with Gasteiger partial charge in [0.2, 0.25) is 0 Å². The third-order valence-corrected chi connectivity index (χ3v) is 3.27. The molecule has 104 valence electrons. The van der Waals surface area contributed by atoms with Crippen LogP contribution in [0.4, 0.5) is 5.69 Å². The molecule has 3 aromatic rings. The van der Waals surface area contributed by atoms with Gasteiger partial charge in [-0.15, -0.1) is 0 Å². The van der Waals surface area contributed by atoms with Gasteiger partial charge in [-0.05, 0) is 42.0 Å². The van der Waals surface area contributed by atoms with Crippen molar-refractivity contribution in [2.75, 3.05) is 5.32 Å². The molecule has 0 fully saturated rings. The predicted molar refractivity (Wildman–Crippen MR) is 82.5 cm³/mol. The third-order valence-electron chi connectivity index (χ3n) is 3.27. The number of hydrogen-bond donors (Lipinski definition) is 2. The molecular weight excluding hydrogens is 264 g/mol. The molecule has 4 heteroatoms. The summed E-state index contributed by atoms with van der Waals surface area (Å²) in [7, 11) is 0. The van der Waals surface area contributed by atoms with E-state index in [9.17, 15) is 4.79 Å². The topological polar surface area (TPSA) is 62.2 Å². The molecule has 0 aliphatic heterocycles. The minimum absolute atomic E-state index is 0.280. The number of anilines is 1. The molecule has 0 aliphatic rings. The zero-order valence-electron chi connectivity index (χ0n) is 11.3. The molecule has 21 heavy (non-hydrogen) atoms. The van der Waals surface area contributed by atoms with Crippen molar-refractivity contribution in [2.24, 2.45) is 0 Å². The predicted octanol–water partition coefficient (Wildman–Crippen LogP) is 3.55. The Morgan fingerprint density at radius 1 is 1.10 bits per heavy atom. The number of carboxylic acid groups (broad SMARTS) is 1. The average Bonchev–Trinajstić information content (AvgIpc) is 2.53. The molecule has 0 saturated heterocycles. The van der Waals surface area contributed by atoms with Crippen LogP contribution in [0.15, 0.2) is 60.8 Å². The van der Waals surface area contributed by atoms with Crippen LogP contribution in [0.3, 0.4) is 0 Å². The molecule has 0 spiro atoms. The number of fused-ring (bicyclic) bond motifs is 1. The number of rotatable bonds is 4. The first-order valence-electron chi connectivity index (χ1n) is 6.63. The van der Waals surface area contributed by atoms with E-state index in [1.165, 1.54) is 0 Å².